The van der Waals surface area contributed by atoms with E-state index >= 15 is 0 Å². The molecule has 0 atom stereocenters. The van der Waals surface area contributed by atoms with E-state index in [1.54, 1.807) is 18.0 Å². The number of hydrogen-bond donors (Lipinski definition) is 1. The number of rotatable bonds is 4. The summed E-state index contributed by atoms with van der Waals surface area (Å²) in [6, 6.07) is 10.1. The van der Waals surface area contributed by atoms with Gasteiger partial charge in [0.2, 0.25) is 5.82 Å². The van der Waals surface area contributed by atoms with Crippen molar-refractivity contribution in [1.29, 1.82) is 0 Å². The van der Waals surface area contributed by atoms with Gasteiger partial charge in [0.15, 0.2) is 0 Å². The second-order valence-corrected chi connectivity index (χ2v) is 4.69. The van der Waals surface area contributed by atoms with Crippen LogP contribution in [0.25, 0.3) is 0 Å². The second kappa shape index (κ2) is 5.75. The minimum absolute atomic E-state index is 0.0891. The summed E-state index contributed by atoms with van der Waals surface area (Å²) < 4.78 is 0. The van der Waals surface area contributed by atoms with Crippen LogP contribution in [0.3, 0.4) is 0 Å². The number of nitrogen functional groups attached to an aromatic ring is 1. The van der Waals surface area contributed by atoms with Gasteiger partial charge in [0.25, 0.3) is 0 Å². The number of hydrogen-bond acceptors (Lipinski definition) is 5. The van der Waals surface area contributed by atoms with E-state index in [9.17, 15) is 10.1 Å². The van der Waals surface area contributed by atoms with Crippen molar-refractivity contribution in [1.82, 2.24) is 4.98 Å². The Morgan fingerprint density at radius 2 is 2.05 bits per heavy atom. The molecule has 2 rings (SSSR count). The Morgan fingerprint density at radius 1 is 1.35 bits per heavy atom. The van der Waals surface area contributed by atoms with Crippen LogP contribution in [0.15, 0.2) is 36.4 Å². The zero-order chi connectivity index (χ0) is 14.7. The topological polar surface area (TPSA) is 85.3 Å². The van der Waals surface area contributed by atoms with Gasteiger partial charge in [-0.15, -0.1) is 0 Å². The van der Waals surface area contributed by atoms with Gasteiger partial charge in [0.05, 0.1) is 4.92 Å². The number of nitrogens with zero attached hydrogens (tertiary/aromatic N) is 3. The molecule has 0 bridgehead atoms. The zero-order valence-corrected chi connectivity index (χ0v) is 11.5. The van der Waals surface area contributed by atoms with Crippen molar-refractivity contribution >= 4 is 28.9 Å². The summed E-state index contributed by atoms with van der Waals surface area (Å²) in [5.74, 6) is 0.450. The third kappa shape index (κ3) is 2.97. The van der Waals surface area contributed by atoms with Gasteiger partial charge in [-0.2, -0.15) is 0 Å². The molecule has 0 spiro atoms. The van der Waals surface area contributed by atoms with Crippen LogP contribution in [-0.4, -0.2) is 17.0 Å². The predicted octanol–water partition coefficient (Wildman–Crippen LogP) is 2.86. The van der Waals surface area contributed by atoms with Crippen LogP contribution < -0.4 is 10.6 Å². The van der Waals surface area contributed by atoms with Gasteiger partial charge in [0, 0.05) is 24.7 Å². The fraction of sp³-hybridized carbons (Fsp3) is 0.154. The largest absolute Gasteiger partial charge is 0.384 e. The molecule has 104 valence electrons. The molecule has 1 aromatic heterocycles. The molecule has 0 unspecified atom stereocenters. The smallest absolute Gasteiger partial charge is 0.311 e. The summed E-state index contributed by atoms with van der Waals surface area (Å²) in [6.07, 6.45) is 0. The minimum atomic E-state index is -0.481. The highest BCUT2D eigenvalue weighted by Crippen LogP contribution is 2.28. The molecule has 0 saturated carbocycles. The van der Waals surface area contributed by atoms with Gasteiger partial charge in [0.1, 0.15) is 5.82 Å². The van der Waals surface area contributed by atoms with E-state index in [2.05, 4.69) is 4.98 Å². The molecule has 0 amide bonds. The molecular weight excluding hydrogens is 280 g/mol. The molecular formula is C13H13ClN4O2. The highest BCUT2D eigenvalue weighted by molar-refractivity contribution is 6.31. The van der Waals surface area contributed by atoms with Gasteiger partial charge >= 0.3 is 5.69 Å². The minimum Gasteiger partial charge on any atom is -0.384 e. The van der Waals surface area contributed by atoms with Crippen LogP contribution in [0.2, 0.25) is 5.02 Å². The molecule has 2 N–H and O–H groups in total. The third-order valence-electron chi connectivity index (χ3n) is 2.80. The van der Waals surface area contributed by atoms with E-state index in [4.69, 9.17) is 17.3 Å². The molecule has 0 aliphatic carbocycles. The van der Waals surface area contributed by atoms with Crippen LogP contribution in [0, 0.1) is 10.1 Å². The first kappa shape index (κ1) is 14.1. The van der Waals surface area contributed by atoms with Crippen molar-refractivity contribution in [2.75, 3.05) is 17.7 Å². The lowest BCUT2D eigenvalue weighted by atomic mass is 10.2. The predicted molar refractivity (Wildman–Crippen MR) is 78.9 cm³/mol. The molecule has 0 aliphatic heterocycles. The average molecular weight is 293 g/mol. The summed E-state index contributed by atoms with van der Waals surface area (Å²) in [7, 11) is 1.71. The molecule has 0 fully saturated rings. The molecule has 0 saturated heterocycles. The summed E-state index contributed by atoms with van der Waals surface area (Å²) in [5, 5.41) is 11.6. The summed E-state index contributed by atoms with van der Waals surface area (Å²) in [4.78, 5) is 16.2. The molecule has 20 heavy (non-hydrogen) atoms. The summed E-state index contributed by atoms with van der Waals surface area (Å²) in [5.41, 5.74) is 6.37. The van der Waals surface area contributed by atoms with Crippen molar-refractivity contribution in [2.24, 2.45) is 0 Å². The Labute approximate surface area is 120 Å². The number of nitro groups is 1. The van der Waals surface area contributed by atoms with Crippen LogP contribution in [0.1, 0.15) is 5.56 Å². The number of nitrogens with two attached hydrogens (primary N) is 1. The SMILES string of the molecule is CN(Cc1ccccc1Cl)c1nc(N)ccc1[N+](=O)[O-]. The number of anilines is 2. The molecule has 0 radical (unpaired) electrons. The lowest BCUT2D eigenvalue weighted by Gasteiger charge is -2.19. The van der Waals surface area contributed by atoms with Gasteiger partial charge in [-0.05, 0) is 17.7 Å². The van der Waals surface area contributed by atoms with Crippen LogP contribution in [-0.2, 0) is 6.54 Å². The van der Waals surface area contributed by atoms with Crippen LogP contribution >= 0.6 is 11.6 Å². The maximum Gasteiger partial charge on any atom is 0.311 e. The molecule has 0 aliphatic rings. The Morgan fingerprint density at radius 3 is 2.70 bits per heavy atom. The maximum absolute atomic E-state index is 11.0. The number of aromatic nitrogens is 1. The van der Waals surface area contributed by atoms with Crippen LogP contribution in [0.4, 0.5) is 17.3 Å². The number of halogens is 1. The van der Waals surface area contributed by atoms with E-state index in [0.717, 1.165) is 5.56 Å². The van der Waals surface area contributed by atoms with E-state index < -0.39 is 4.92 Å². The summed E-state index contributed by atoms with van der Waals surface area (Å²) in [6.45, 7) is 0.400. The lowest BCUT2D eigenvalue weighted by molar-refractivity contribution is -0.384. The number of benzene rings is 1. The molecule has 6 nitrogen and oxygen atoms in total. The normalized spacial score (nSPS) is 10.3. The standard InChI is InChI=1S/C13H13ClN4O2/c1-17(8-9-4-2-3-5-10(9)14)13-11(18(19)20)6-7-12(15)16-13/h2-7H,8H2,1H3,(H2,15,16). The van der Waals surface area contributed by atoms with Gasteiger partial charge in [-0.3, -0.25) is 10.1 Å². The Balaban J connectivity index is 2.34. The van der Waals surface area contributed by atoms with Crippen molar-refractivity contribution in [3.05, 3.63) is 57.1 Å². The maximum atomic E-state index is 11.0. The van der Waals surface area contributed by atoms with Gasteiger partial charge in [-0.1, -0.05) is 29.8 Å². The van der Waals surface area contributed by atoms with E-state index in [1.165, 1.54) is 12.1 Å². The fourth-order valence-electron chi connectivity index (χ4n) is 1.84. The second-order valence-electron chi connectivity index (χ2n) is 4.28. The molecule has 1 heterocycles. The highest BCUT2D eigenvalue weighted by Gasteiger charge is 2.19. The Hall–Kier alpha value is -2.34. The first-order valence-corrected chi connectivity index (χ1v) is 6.22. The third-order valence-corrected chi connectivity index (χ3v) is 3.17. The van der Waals surface area contributed by atoms with Crippen molar-refractivity contribution in [3.8, 4) is 0 Å². The van der Waals surface area contributed by atoms with Crippen molar-refractivity contribution in [3.63, 3.8) is 0 Å². The lowest BCUT2D eigenvalue weighted by Crippen LogP contribution is -2.19. The van der Waals surface area contributed by atoms with Crippen LogP contribution in [0.5, 0.6) is 0 Å². The number of pyridine rings is 1. The zero-order valence-electron chi connectivity index (χ0n) is 10.8. The Kier molecular flexibility index (Phi) is 4.05. The van der Waals surface area contributed by atoms with E-state index in [0.29, 0.717) is 11.6 Å². The van der Waals surface area contributed by atoms with Gasteiger partial charge in [-0.25, -0.2) is 4.98 Å². The van der Waals surface area contributed by atoms with Crippen molar-refractivity contribution in [2.45, 2.75) is 6.54 Å². The van der Waals surface area contributed by atoms with Crippen molar-refractivity contribution < 1.29 is 4.92 Å². The monoisotopic (exact) mass is 292 g/mol. The highest BCUT2D eigenvalue weighted by atomic mass is 35.5. The van der Waals surface area contributed by atoms with E-state index in [-0.39, 0.29) is 17.3 Å². The molecule has 2 aromatic rings. The summed E-state index contributed by atoms with van der Waals surface area (Å²) >= 11 is 6.08. The molecule has 7 heteroatoms. The fourth-order valence-corrected chi connectivity index (χ4v) is 2.03. The first-order chi connectivity index (χ1) is 9.49. The Bertz CT molecular complexity index is 648. The quantitative estimate of drug-likeness (QED) is 0.692. The van der Waals surface area contributed by atoms with Gasteiger partial charge < -0.3 is 10.6 Å². The van der Waals surface area contributed by atoms with E-state index in [1.807, 2.05) is 18.2 Å². The average Bonchev–Trinajstić information content (AvgIpc) is 2.40. The molecule has 1 aromatic carbocycles. The first-order valence-electron chi connectivity index (χ1n) is 5.84.